The minimum Gasteiger partial charge on any atom is -0.494 e. The number of pyridine rings is 1. The normalized spacial score (nSPS) is 19.4. The van der Waals surface area contributed by atoms with Crippen molar-refractivity contribution in [1.82, 2.24) is 20.1 Å². The van der Waals surface area contributed by atoms with Crippen LogP contribution in [0.5, 0.6) is 5.75 Å². The number of piperidine rings is 1. The lowest BCUT2D eigenvalue weighted by Gasteiger charge is -2.27. The lowest BCUT2D eigenvalue weighted by molar-refractivity contribution is -0.136. The van der Waals surface area contributed by atoms with Crippen LogP contribution in [0.2, 0.25) is 0 Å². The molecule has 0 aliphatic carbocycles. The molecular weight excluding hydrogens is 514 g/mol. The molecule has 0 radical (unpaired) electrons. The highest BCUT2D eigenvalue weighted by Gasteiger charge is 2.44. The van der Waals surface area contributed by atoms with E-state index in [-0.39, 0.29) is 29.7 Å². The van der Waals surface area contributed by atoms with Crippen LogP contribution in [-0.4, -0.2) is 76.6 Å². The number of primary amides is 1. The summed E-state index contributed by atoms with van der Waals surface area (Å²) in [6, 6.07) is 7.32. The maximum atomic E-state index is 12.9. The van der Waals surface area contributed by atoms with Gasteiger partial charge in [0.2, 0.25) is 11.8 Å². The number of aromatic nitrogens is 1. The van der Waals surface area contributed by atoms with E-state index in [1.54, 1.807) is 30.5 Å². The third kappa shape index (κ3) is 5.79. The Hall–Kier alpha value is -4.38. The summed E-state index contributed by atoms with van der Waals surface area (Å²) in [4.78, 5) is 68.1. The van der Waals surface area contributed by atoms with E-state index in [9.17, 15) is 24.0 Å². The van der Waals surface area contributed by atoms with Gasteiger partial charge in [-0.15, -0.1) is 0 Å². The highest BCUT2D eigenvalue weighted by molar-refractivity contribution is 6.23. The van der Waals surface area contributed by atoms with Crippen LogP contribution in [0.4, 0.5) is 0 Å². The zero-order valence-corrected chi connectivity index (χ0v) is 22.1. The van der Waals surface area contributed by atoms with Crippen molar-refractivity contribution >= 4 is 35.1 Å². The molecule has 40 heavy (non-hydrogen) atoms. The number of ether oxygens (including phenoxy) is 1. The number of imide groups is 2. The van der Waals surface area contributed by atoms with Crippen molar-refractivity contribution in [2.75, 3.05) is 26.2 Å². The Balaban J connectivity index is 1.04. The fourth-order valence-corrected chi connectivity index (χ4v) is 5.25. The van der Waals surface area contributed by atoms with E-state index < -0.39 is 35.6 Å². The van der Waals surface area contributed by atoms with E-state index >= 15 is 0 Å². The fourth-order valence-electron chi connectivity index (χ4n) is 5.25. The molecule has 3 aliphatic heterocycles. The summed E-state index contributed by atoms with van der Waals surface area (Å²) >= 11 is 0. The number of amides is 5. The predicted octanol–water partition coefficient (Wildman–Crippen LogP) is 1.92. The zero-order valence-electron chi connectivity index (χ0n) is 22.1. The lowest BCUT2D eigenvalue weighted by atomic mass is 10.0. The Labute approximate surface area is 231 Å². The summed E-state index contributed by atoms with van der Waals surface area (Å²) in [5.74, 6) is -2.14. The van der Waals surface area contributed by atoms with Gasteiger partial charge in [-0.1, -0.05) is 12.1 Å². The van der Waals surface area contributed by atoms with Crippen molar-refractivity contribution in [3.05, 3.63) is 65.0 Å². The number of rotatable bonds is 10. The smallest absolute Gasteiger partial charge is 0.267 e. The van der Waals surface area contributed by atoms with E-state index in [0.29, 0.717) is 12.4 Å². The van der Waals surface area contributed by atoms with E-state index in [1.807, 2.05) is 6.07 Å². The van der Waals surface area contributed by atoms with Crippen molar-refractivity contribution in [2.45, 2.75) is 44.6 Å². The summed E-state index contributed by atoms with van der Waals surface area (Å²) < 4.78 is 5.85. The number of hydrogen-bond donors (Lipinski definition) is 2. The first-order valence-corrected chi connectivity index (χ1v) is 13.5. The average molecular weight is 546 g/mol. The second-order valence-electron chi connectivity index (χ2n) is 10.1. The molecule has 1 aromatic carbocycles. The monoisotopic (exact) mass is 545 g/mol. The van der Waals surface area contributed by atoms with Gasteiger partial charge in [0.15, 0.2) is 0 Å². The Morgan fingerprint density at radius 3 is 2.55 bits per heavy atom. The first-order chi connectivity index (χ1) is 19.3. The molecule has 0 saturated carbocycles. The van der Waals surface area contributed by atoms with Gasteiger partial charge in [0, 0.05) is 25.7 Å². The Bertz CT molecular complexity index is 1390. The van der Waals surface area contributed by atoms with Gasteiger partial charge in [0.1, 0.15) is 17.5 Å². The number of nitrogens with two attached hydrogens (primary N) is 1. The van der Waals surface area contributed by atoms with E-state index in [4.69, 9.17) is 10.5 Å². The van der Waals surface area contributed by atoms with Crippen LogP contribution in [0, 0.1) is 0 Å². The first-order valence-electron chi connectivity index (χ1n) is 13.5. The van der Waals surface area contributed by atoms with Crippen molar-refractivity contribution in [3.63, 3.8) is 0 Å². The van der Waals surface area contributed by atoms with Crippen LogP contribution in [0.15, 0.2) is 42.6 Å². The Morgan fingerprint density at radius 2 is 1.85 bits per heavy atom. The van der Waals surface area contributed by atoms with Crippen LogP contribution >= 0.6 is 0 Å². The first kappa shape index (κ1) is 27.2. The Morgan fingerprint density at radius 1 is 1.02 bits per heavy atom. The molecule has 1 fully saturated rings. The van der Waals surface area contributed by atoms with Gasteiger partial charge >= 0.3 is 0 Å². The summed E-state index contributed by atoms with van der Waals surface area (Å²) in [7, 11) is 0. The van der Waals surface area contributed by atoms with Gasteiger partial charge in [-0.05, 0) is 74.1 Å². The molecule has 3 N–H and O–H groups in total. The van der Waals surface area contributed by atoms with Gasteiger partial charge in [-0.25, -0.2) is 0 Å². The maximum Gasteiger partial charge on any atom is 0.267 e. The number of unbranched alkanes of at least 4 members (excludes halogenated alkanes) is 2. The highest BCUT2D eigenvalue weighted by Crippen LogP contribution is 2.30. The predicted molar refractivity (Wildman–Crippen MR) is 144 cm³/mol. The number of benzene rings is 1. The van der Waals surface area contributed by atoms with Crippen LogP contribution in [0.3, 0.4) is 0 Å². The Kier molecular flexibility index (Phi) is 8.01. The van der Waals surface area contributed by atoms with Gasteiger partial charge in [-0.2, -0.15) is 0 Å². The van der Waals surface area contributed by atoms with Crippen molar-refractivity contribution in [1.29, 1.82) is 0 Å². The molecule has 5 amide bonds. The molecular formula is C29H31N5O6. The van der Waals surface area contributed by atoms with Crippen LogP contribution in [0.1, 0.15) is 75.3 Å². The molecule has 5 rings (SSSR count). The van der Waals surface area contributed by atoms with Crippen LogP contribution < -0.4 is 15.8 Å². The molecule has 208 valence electrons. The van der Waals surface area contributed by atoms with Gasteiger partial charge in [0.25, 0.3) is 17.7 Å². The van der Waals surface area contributed by atoms with Crippen LogP contribution in [-0.2, 0) is 9.59 Å². The number of nitrogens with zero attached hydrogens (tertiary/aromatic N) is 3. The standard InChI is InChI=1S/C29H31N5O6/c30-26(36)23-7-4-19(17-31-23)18-10-13-33(14-11-18)12-2-1-3-15-40-20-5-6-21-22(16-20)29(39)34(28(21)38)24-8-9-25(35)32-27(24)37/h4-7,10,16-17,24H,1-3,8-9,11-15H2,(H2,30,36)(H,32,35,37). The minimum atomic E-state index is -0.983. The number of carbonyl (C=O) groups is 5. The molecule has 4 heterocycles. The second-order valence-corrected chi connectivity index (χ2v) is 10.1. The molecule has 0 bridgehead atoms. The largest absolute Gasteiger partial charge is 0.494 e. The number of hydrogen-bond acceptors (Lipinski definition) is 8. The maximum absolute atomic E-state index is 12.9. The summed E-state index contributed by atoms with van der Waals surface area (Å²) in [6.45, 7) is 3.28. The molecule has 3 aliphatic rings. The molecule has 1 aromatic heterocycles. The molecule has 1 atom stereocenters. The zero-order chi connectivity index (χ0) is 28.2. The third-order valence-corrected chi connectivity index (χ3v) is 7.48. The molecule has 1 unspecified atom stereocenters. The van der Waals surface area contributed by atoms with Gasteiger partial charge < -0.3 is 10.5 Å². The van der Waals surface area contributed by atoms with Gasteiger partial charge in [0.05, 0.1) is 17.7 Å². The highest BCUT2D eigenvalue weighted by atomic mass is 16.5. The van der Waals surface area contributed by atoms with Crippen molar-refractivity contribution < 1.29 is 28.7 Å². The van der Waals surface area contributed by atoms with E-state index in [2.05, 4.69) is 21.3 Å². The minimum absolute atomic E-state index is 0.0828. The number of fused-ring (bicyclic) bond motifs is 1. The second kappa shape index (κ2) is 11.8. The summed E-state index contributed by atoms with van der Waals surface area (Å²) in [5.41, 5.74) is 8.21. The summed E-state index contributed by atoms with van der Waals surface area (Å²) in [6.07, 6.45) is 7.88. The molecule has 2 aromatic rings. The molecule has 1 saturated heterocycles. The average Bonchev–Trinajstić information content (AvgIpc) is 3.20. The van der Waals surface area contributed by atoms with E-state index in [1.165, 1.54) is 5.57 Å². The molecule has 11 heteroatoms. The number of nitrogens with one attached hydrogen (secondary N) is 1. The van der Waals surface area contributed by atoms with E-state index in [0.717, 1.165) is 55.8 Å². The van der Waals surface area contributed by atoms with Gasteiger partial charge in [-0.3, -0.25) is 44.1 Å². The van der Waals surface area contributed by atoms with Crippen molar-refractivity contribution in [3.8, 4) is 5.75 Å². The molecule has 11 nitrogen and oxygen atoms in total. The fraction of sp³-hybridized carbons (Fsp3) is 0.379. The van der Waals surface area contributed by atoms with Crippen molar-refractivity contribution in [2.24, 2.45) is 5.73 Å². The SMILES string of the molecule is NC(=O)c1ccc(C2=CCN(CCCCCOc3ccc4c(c3)C(=O)N(C3CCC(=O)NC3=O)C4=O)CC2)cn1. The third-order valence-electron chi connectivity index (χ3n) is 7.48. The quantitative estimate of drug-likeness (QED) is 0.339. The van der Waals surface area contributed by atoms with Crippen LogP contribution in [0.25, 0.3) is 5.57 Å². The lowest BCUT2D eigenvalue weighted by Crippen LogP contribution is -2.54. The summed E-state index contributed by atoms with van der Waals surface area (Å²) in [5, 5.41) is 2.19. The topological polar surface area (TPSA) is 152 Å². The molecule has 0 spiro atoms. The number of carbonyl (C=O) groups excluding carboxylic acids is 5.